The Labute approximate surface area is 309 Å². The quantitative estimate of drug-likeness (QED) is 0.191. The van der Waals surface area contributed by atoms with Crippen LogP contribution in [0.4, 0.5) is 0 Å². The lowest BCUT2D eigenvalue weighted by atomic mass is 10.0. The first-order valence-corrected chi connectivity index (χ1v) is 19.2. The summed E-state index contributed by atoms with van der Waals surface area (Å²) < 4.78 is 29.9. The molecule has 5 rings (SSSR count). The molecular weight excluding hydrogens is 703 g/mol. The Morgan fingerprint density at radius 2 is 1.42 bits per heavy atom. The zero-order valence-electron chi connectivity index (χ0n) is 30.3. The number of nitrogens with one attached hydrogen (secondary N) is 5. The van der Waals surface area contributed by atoms with Gasteiger partial charge in [0.2, 0.25) is 23.6 Å². The molecule has 15 heteroatoms. The molecule has 0 aromatic heterocycles. The molecule has 6 N–H and O–H groups in total. The van der Waals surface area contributed by atoms with Crippen molar-refractivity contribution in [2.24, 2.45) is 5.92 Å². The molecule has 2 bridgehead atoms. The maximum atomic E-state index is 13.6. The van der Waals surface area contributed by atoms with Crippen LogP contribution in [-0.2, 0) is 41.9 Å². The van der Waals surface area contributed by atoms with Gasteiger partial charge in [0.15, 0.2) is 9.84 Å². The van der Waals surface area contributed by atoms with Gasteiger partial charge in [-0.05, 0) is 73.7 Å². The smallest absolute Gasteiger partial charge is 0.251 e. The number of benzene rings is 3. The molecule has 2 aliphatic rings. The molecule has 0 aliphatic carbocycles. The third kappa shape index (κ3) is 11.6. The summed E-state index contributed by atoms with van der Waals surface area (Å²) in [7, 11) is -3.50. The minimum Gasteiger partial charge on any atom is -0.491 e. The highest BCUT2D eigenvalue weighted by molar-refractivity contribution is 7.90. The molecule has 2 heterocycles. The first-order chi connectivity index (χ1) is 25.0. The number of sulfone groups is 1. The Kier molecular flexibility index (Phi) is 13.7. The van der Waals surface area contributed by atoms with Crippen LogP contribution in [0.3, 0.4) is 0 Å². The van der Waals surface area contributed by atoms with E-state index in [-0.39, 0.29) is 29.4 Å². The van der Waals surface area contributed by atoms with E-state index in [2.05, 4.69) is 26.6 Å². The average molecular weight is 750 g/mol. The lowest BCUT2D eigenvalue weighted by Gasteiger charge is -2.29. The standard InChI is InChI=1S/C38H47N5O9S/c1-22(2)32-37(48)40-28(19-25-9-7-6-8-10-25)21-52-29-15-11-26(12-16-29)20-31(41-35(46)27-13-17-30(18-14-27)53(5,50)51)36(47)39-23(3)34(45)43-33(24(4)44)38(49)42-32/h6-18,22-24,28,31-33,44H,19-21H2,1-5H3,(H,39,47)(H,40,48)(H,41,46)(H,42,49)(H,43,45)/t23-,24-,28+,31+,32-,33+/m1/s1. The number of hydrogen-bond donors (Lipinski definition) is 6. The molecule has 0 saturated carbocycles. The molecule has 0 unspecified atom stereocenters. The fourth-order valence-electron chi connectivity index (χ4n) is 5.64. The van der Waals surface area contributed by atoms with Crippen molar-refractivity contribution in [1.29, 1.82) is 0 Å². The van der Waals surface area contributed by atoms with Gasteiger partial charge in [0.25, 0.3) is 5.91 Å². The summed E-state index contributed by atoms with van der Waals surface area (Å²) in [6, 6.07) is 16.1. The van der Waals surface area contributed by atoms with Crippen molar-refractivity contribution in [2.75, 3.05) is 12.9 Å². The van der Waals surface area contributed by atoms with E-state index in [9.17, 15) is 37.5 Å². The van der Waals surface area contributed by atoms with E-state index in [4.69, 9.17) is 4.74 Å². The van der Waals surface area contributed by atoms with Crippen LogP contribution in [0.2, 0.25) is 0 Å². The SMILES string of the molecule is CC(C)[C@H]1NC(=O)[C@H]([C@@H](C)O)NC(=O)[C@@H](C)NC(=O)[C@@H](NC(=O)c2ccc(S(C)(=O)=O)cc2)Cc2ccc(cc2)OC[C@H](Cc2ccccc2)NC1=O. The highest BCUT2D eigenvalue weighted by Crippen LogP contribution is 2.17. The van der Waals surface area contributed by atoms with Crippen molar-refractivity contribution in [3.05, 3.63) is 95.6 Å². The Bertz CT molecular complexity index is 1870. The van der Waals surface area contributed by atoms with E-state index in [0.29, 0.717) is 17.7 Å². The molecule has 5 amide bonds. The number of carbonyl (C=O) groups excluding carboxylic acids is 5. The fraction of sp³-hybridized carbons (Fsp3) is 0.395. The molecule has 0 saturated heterocycles. The Balaban J connectivity index is 1.66. The number of aliphatic hydroxyl groups is 1. The lowest BCUT2D eigenvalue weighted by Crippen LogP contribution is -2.61. The van der Waals surface area contributed by atoms with Crippen molar-refractivity contribution in [3.63, 3.8) is 0 Å². The first kappa shape index (κ1) is 40.5. The summed E-state index contributed by atoms with van der Waals surface area (Å²) in [5.74, 6) is -3.36. The topological polar surface area (TPSA) is 209 Å². The molecule has 14 nitrogen and oxygen atoms in total. The monoisotopic (exact) mass is 749 g/mol. The van der Waals surface area contributed by atoms with Crippen LogP contribution >= 0.6 is 0 Å². The van der Waals surface area contributed by atoms with Gasteiger partial charge in [-0.3, -0.25) is 24.0 Å². The number of carbonyl (C=O) groups is 5. The number of fused-ring (bicyclic) bond motifs is 17. The van der Waals surface area contributed by atoms with Gasteiger partial charge in [-0.2, -0.15) is 0 Å². The van der Waals surface area contributed by atoms with Gasteiger partial charge < -0.3 is 36.4 Å². The molecule has 0 fully saturated rings. The Morgan fingerprint density at radius 3 is 2.00 bits per heavy atom. The fourth-order valence-corrected chi connectivity index (χ4v) is 6.27. The number of amides is 5. The molecule has 2 aliphatic heterocycles. The van der Waals surface area contributed by atoms with Crippen LogP contribution in [0.25, 0.3) is 0 Å². The highest BCUT2D eigenvalue weighted by Gasteiger charge is 2.34. The number of ether oxygens (including phenoxy) is 1. The predicted octanol–water partition coefficient (Wildman–Crippen LogP) is 1.06. The van der Waals surface area contributed by atoms with Gasteiger partial charge in [0.05, 0.1) is 17.0 Å². The van der Waals surface area contributed by atoms with Crippen LogP contribution in [-0.4, -0.2) is 92.2 Å². The normalized spacial score (nSPS) is 22.7. The van der Waals surface area contributed by atoms with E-state index < -0.39 is 75.7 Å². The summed E-state index contributed by atoms with van der Waals surface area (Å²) in [5, 5.41) is 23.9. The lowest BCUT2D eigenvalue weighted by molar-refractivity contribution is -0.136. The van der Waals surface area contributed by atoms with Crippen LogP contribution in [0.1, 0.15) is 49.2 Å². The number of hydrogen-bond acceptors (Lipinski definition) is 9. The molecule has 3 aromatic carbocycles. The molecule has 53 heavy (non-hydrogen) atoms. The second kappa shape index (κ2) is 18.0. The zero-order chi connectivity index (χ0) is 38.9. The second-order valence-corrected chi connectivity index (χ2v) is 15.6. The van der Waals surface area contributed by atoms with Crippen molar-refractivity contribution in [3.8, 4) is 5.75 Å². The molecule has 284 valence electrons. The van der Waals surface area contributed by atoms with Crippen molar-refractivity contribution in [1.82, 2.24) is 26.6 Å². The van der Waals surface area contributed by atoms with Gasteiger partial charge in [-0.25, -0.2) is 8.42 Å². The van der Waals surface area contributed by atoms with Crippen molar-refractivity contribution < 1.29 is 42.2 Å². The maximum Gasteiger partial charge on any atom is 0.251 e. The van der Waals surface area contributed by atoms with E-state index in [1.807, 2.05) is 30.3 Å². The maximum absolute atomic E-state index is 13.6. The summed E-state index contributed by atoms with van der Waals surface area (Å²) in [4.78, 5) is 67.4. The second-order valence-electron chi connectivity index (χ2n) is 13.6. The van der Waals surface area contributed by atoms with E-state index in [0.717, 1.165) is 11.8 Å². The molecule has 3 aromatic rings. The van der Waals surface area contributed by atoms with Gasteiger partial charge in [0.1, 0.15) is 36.5 Å². The largest absolute Gasteiger partial charge is 0.491 e. The van der Waals surface area contributed by atoms with Crippen LogP contribution < -0.4 is 31.3 Å². The third-order valence-corrected chi connectivity index (χ3v) is 9.84. The number of rotatable bonds is 7. The van der Waals surface area contributed by atoms with Gasteiger partial charge in [-0.15, -0.1) is 0 Å². The summed E-state index contributed by atoms with van der Waals surface area (Å²) >= 11 is 0. The highest BCUT2D eigenvalue weighted by atomic mass is 32.2. The zero-order valence-corrected chi connectivity index (χ0v) is 31.1. The third-order valence-electron chi connectivity index (χ3n) is 8.71. The van der Waals surface area contributed by atoms with Crippen LogP contribution in [0.15, 0.2) is 83.8 Å². The van der Waals surface area contributed by atoms with Gasteiger partial charge >= 0.3 is 0 Å². The average Bonchev–Trinajstić information content (AvgIpc) is 3.11. The predicted molar refractivity (Wildman–Crippen MR) is 197 cm³/mol. The van der Waals surface area contributed by atoms with E-state index in [1.54, 1.807) is 38.1 Å². The minimum atomic E-state index is -3.50. The summed E-state index contributed by atoms with van der Waals surface area (Å²) in [6.07, 6.45) is 0.0829. The molecule has 0 radical (unpaired) electrons. The van der Waals surface area contributed by atoms with E-state index >= 15 is 0 Å². The molecule has 0 spiro atoms. The minimum absolute atomic E-state index is 0.00436. The molecule has 6 atom stereocenters. The van der Waals surface area contributed by atoms with Gasteiger partial charge in [-0.1, -0.05) is 56.3 Å². The van der Waals surface area contributed by atoms with Crippen molar-refractivity contribution >= 4 is 39.4 Å². The van der Waals surface area contributed by atoms with Gasteiger partial charge in [0, 0.05) is 18.2 Å². The summed E-state index contributed by atoms with van der Waals surface area (Å²) in [5.41, 5.74) is 1.69. The Hall–Kier alpha value is -5.28. The van der Waals surface area contributed by atoms with E-state index in [1.165, 1.54) is 38.1 Å². The van der Waals surface area contributed by atoms with Crippen LogP contribution in [0.5, 0.6) is 5.75 Å². The number of aliphatic hydroxyl groups excluding tert-OH is 1. The molecular formula is C38H47N5O9S. The first-order valence-electron chi connectivity index (χ1n) is 17.3. The van der Waals surface area contributed by atoms with Crippen LogP contribution in [0, 0.1) is 5.92 Å². The van der Waals surface area contributed by atoms with Crippen molar-refractivity contribution in [2.45, 2.75) is 81.7 Å². The Morgan fingerprint density at radius 1 is 0.811 bits per heavy atom. The summed E-state index contributed by atoms with van der Waals surface area (Å²) in [6.45, 7) is 6.26.